The Morgan fingerprint density at radius 2 is 2.15 bits per heavy atom. The normalized spacial score (nSPS) is 16.1. The number of carboxylic acid groups (broad SMARTS) is 1. The van der Waals surface area contributed by atoms with Gasteiger partial charge in [0.1, 0.15) is 0 Å². The molecule has 0 atom stereocenters. The molecule has 1 aliphatic rings. The van der Waals surface area contributed by atoms with E-state index in [0.717, 1.165) is 11.0 Å². The van der Waals surface area contributed by atoms with Gasteiger partial charge in [-0.1, -0.05) is 28.1 Å². The van der Waals surface area contributed by atoms with Crippen molar-refractivity contribution in [1.29, 1.82) is 0 Å². The number of aliphatic carboxylic acids is 1. The molecule has 0 amide bonds. The molecule has 0 radical (unpaired) electrons. The summed E-state index contributed by atoms with van der Waals surface area (Å²) in [6, 6.07) is 12.5. The summed E-state index contributed by atoms with van der Waals surface area (Å²) < 4.78 is 1.08. The van der Waals surface area contributed by atoms with Gasteiger partial charge in [0, 0.05) is 33.9 Å². The van der Waals surface area contributed by atoms with E-state index in [-0.39, 0.29) is 5.92 Å². The number of carboxylic acids is 1. The number of hydrogen-bond acceptors (Lipinski definition) is 3. The summed E-state index contributed by atoms with van der Waals surface area (Å²) in [6.45, 7) is 2.18. The molecule has 20 heavy (non-hydrogen) atoms. The van der Waals surface area contributed by atoms with Crippen molar-refractivity contribution in [2.24, 2.45) is 5.92 Å². The largest absolute Gasteiger partial charge is 0.481 e. The van der Waals surface area contributed by atoms with Crippen LogP contribution in [0.3, 0.4) is 0 Å². The first-order valence-electron chi connectivity index (χ1n) is 6.41. The van der Waals surface area contributed by atoms with Crippen LogP contribution in [-0.2, 0) is 11.3 Å². The van der Waals surface area contributed by atoms with Gasteiger partial charge < -0.3 is 5.11 Å². The van der Waals surface area contributed by atoms with Crippen LogP contribution in [0.4, 0.5) is 0 Å². The minimum atomic E-state index is -0.678. The second-order valence-electron chi connectivity index (χ2n) is 5.01. The third-order valence-corrected chi connectivity index (χ3v) is 5.07. The molecule has 0 bridgehead atoms. The van der Waals surface area contributed by atoms with Gasteiger partial charge in [0.25, 0.3) is 0 Å². The molecule has 0 saturated carbocycles. The smallest absolute Gasteiger partial charge is 0.309 e. The second-order valence-corrected chi connectivity index (χ2v) is 7.09. The average Bonchev–Trinajstić information content (AvgIpc) is 2.81. The van der Waals surface area contributed by atoms with Gasteiger partial charge in [0.2, 0.25) is 0 Å². The lowest BCUT2D eigenvalue weighted by molar-refractivity contribution is -0.147. The molecule has 1 aromatic carbocycles. The summed E-state index contributed by atoms with van der Waals surface area (Å²) in [4.78, 5) is 15.5. The molecule has 1 fully saturated rings. The zero-order valence-corrected chi connectivity index (χ0v) is 13.2. The molecule has 2 heterocycles. The molecule has 0 aliphatic carbocycles. The van der Waals surface area contributed by atoms with Gasteiger partial charge in [-0.05, 0) is 29.8 Å². The Hall–Kier alpha value is -1.17. The maximum atomic E-state index is 10.8. The molecule has 0 unspecified atom stereocenters. The van der Waals surface area contributed by atoms with Crippen molar-refractivity contribution >= 4 is 33.2 Å². The van der Waals surface area contributed by atoms with Crippen LogP contribution in [0.2, 0.25) is 0 Å². The fourth-order valence-corrected chi connectivity index (χ4v) is 3.78. The predicted octanol–water partition coefficient (Wildman–Crippen LogP) is 3.69. The van der Waals surface area contributed by atoms with Crippen LogP contribution in [0.15, 0.2) is 40.9 Å². The minimum Gasteiger partial charge on any atom is -0.481 e. The summed E-state index contributed by atoms with van der Waals surface area (Å²) in [5.41, 5.74) is 1.21. The molecule has 1 aliphatic heterocycles. The quantitative estimate of drug-likeness (QED) is 0.912. The van der Waals surface area contributed by atoms with E-state index in [0.29, 0.717) is 13.1 Å². The minimum absolute atomic E-state index is 0.181. The Bertz CT molecular complexity index is 634. The van der Waals surface area contributed by atoms with E-state index < -0.39 is 5.97 Å². The number of benzene rings is 1. The van der Waals surface area contributed by atoms with E-state index >= 15 is 0 Å². The molecule has 3 nitrogen and oxygen atoms in total. The molecule has 1 saturated heterocycles. The zero-order valence-electron chi connectivity index (χ0n) is 10.8. The molecule has 2 aromatic rings. The van der Waals surface area contributed by atoms with Crippen molar-refractivity contribution in [3.8, 4) is 10.4 Å². The van der Waals surface area contributed by atoms with Crippen LogP contribution >= 0.6 is 27.3 Å². The first-order valence-corrected chi connectivity index (χ1v) is 8.02. The van der Waals surface area contributed by atoms with Gasteiger partial charge in [-0.3, -0.25) is 9.69 Å². The highest BCUT2D eigenvalue weighted by Crippen LogP contribution is 2.31. The molecule has 3 rings (SSSR count). The third-order valence-electron chi connectivity index (χ3n) is 3.46. The average molecular weight is 352 g/mol. The summed E-state index contributed by atoms with van der Waals surface area (Å²) >= 11 is 5.26. The number of likely N-dealkylation sites (tertiary alicyclic amines) is 1. The lowest BCUT2D eigenvalue weighted by Gasteiger charge is -2.36. The number of thiophene rings is 1. The first kappa shape index (κ1) is 13.8. The number of carbonyl (C=O) groups is 1. The molecular formula is C15H14BrNO2S. The Kier molecular flexibility index (Phi) is 3.92. The molecule has 1 N–H and O–H groups in total. The standard InChI is InChI=1S/C15H14BrNO2S/c16-12-3-1-2-10(6-12)14-5-4-13(20-14)9-17-7-11(8-17)15(18)19/h1-6,11H,7-9H2,(H,18,19). The van der Waals surface area contributed by atoms with Gasteiger partial charge in [-0.2, -0.15) is 0 Å². The summed E-state index contributed by atoms with van der Waals surface area (Å²) in [5, 5.41) is 8.87. The first-order chi connectivity index (χ1) is 9.61. The van der Waals surface area contributed by atoms with Crippen LogP contribution in [0.1, 0.15) is 4.88 Å². The van der Waals surface area contributed by atoms with Gasteiger partial charge >= 0.3 is 5.97 Å². The predicted molar refractivity (Wildman–Crippen MR) is 83.9 cm³/mol. The van der Waals surface area contributed by atoms with Crippen molar-refractivity contribution in [1.82, 2.24) is 4.90 Å². The van der Waals surface area contributed by atoms with E-state index in [1.165, 1.54) is 15.3 Å². The van der Waals surface area contributed by atoms with Gasteiger partial charge in [-0.25, -0.2) is 0 Å². The van der Waals surface area contributed by atoms with E-state index in [1.54, 1.807) is 11.3 Å². The lowest BCUT2D eigenvalue weighted by Crippen LogP contribution is -2.49. The maximum Gasteiger partial charge on any atom is 0.309 e. The Balaban J connectivity index is 1.65. The Morgan fingerprint density at radius 3 is 2.85 bits per heavy atom. The van der Waals surface area contributed by atoms with Crippen LogP contribution in [0.5, 0.6) is 0 Å². The third kappa shape index (κ3) is 2.95. The van der Waals surface area contributed by atoms with Crippen molar-refractivity contribution in [2.75, 3.05) is 13.1 Å². The topological polar surface area (TPSA) is 40.5 Å². The highest BCUT2D eigenvalue weighted by molar-refractivity contribution is 9.10. The molecular weight excluding hydrogens is 338 g/mol. The lowest BCUT2D eigenvalue weighted by atomic mass is 10.0. The van der Waals surface area contributed by atoms with Crippen LogP contribution in [0, 0.1) is 5.92 Å². The van der Waals surface area contributed by atoms with E-state index in [9.17, 15) is 4.79 Å². The Morgan fingerprint density at radius 1 is 1.35 bits per heavy atom. The van der Waals surface area contributed by atoms with Crippen molar-refractivity contribution in [3.05, 3.63) is 45.7 Å². The van der Waals surface area contributed by atoms with Crippen molar-refractivity contribution in [2.45, 2.75) is 6.54 Å². The Labute approximate surface area is 130 Å². The second kappa shape index (κ2) is 5.68. The SMILES string of the molecule is O=C(O)C1CN(Cc2ccc(-c3cccc(Br)c3)s2)C1. The van der Waals surface area contributed by atoms with Gasteiger partial charge in [-0.15, -0.1) is 11.3 Å². The summed E-state index contributed by atoms with van der Waals surface area (Å²) in [7, 11) is 0. The fraction of sp³-hybridized carbons (Fsp3) is 0.267. The molecule has 1 aromatic heterocycles. The number of halogens is 1. The number of nitrogens with zero attached hydrogens (tertiary/aromatic N) is 1. The maximum absolute atomic E-state index is 10.8. The molecule has 0 spiro atoms. The summed E-state index contributed by atoms with van der Waals surface area (Å²) in [6.07, 6.45) is 0. The van der Waals surface area contributed by atoms with E-state index in [1.807, 2.05) is 12.1 Å². The number of hydrogen-bond donors (Lipinski definition) is 1. The highest BCUT2D eigenvalue weighted by atomic mass is 79.9. The highest BCUT2D eigenvalue weighted by Gasteiger charge is 2.32. The van der Waals surface area contributed by atoms with E-state index in [4.69, 9.17) is 5.11 Å². The zero-order chi connectivity index (χ0) is 14.1. The van der Waals surface area contributed by atoms with Crippen LogP contribution < -0.4 is 0 Å². The van der Waals surface area contributed by atoms with Crippen LogP contribution in [0.25, 0.3) is 10.4 Å². The number of rotatable bonds is 4. The van der Waals surface area contributed by atoms with Crippen molar-refractivity contribution in [3.63, 3.8) is 0 Å². The van der Waals surface area contributed by atoms with Crippen molar-refractivity contribution < 1.29 is 9.90 Å². The van der Waals surface area contributed by atoms with Gasteiger partial charge in [0.15, 0.2) is 0 Å². The monoisotopic (exact) mass is 351 g/mol. The molecule has 5 heteroatoms. The summed E-state index contributed by atoms with van der Waals surface area (Å²) in [5.74, 6) is -0.859. The van der Waals surface area contributed by atoms with E-state index in [2.05, 4.69) is 45.1 Å². The van der Waals surface area contributed by atoms with Gasteiger partial charge in [0.05, 0.1) is 5.92 Å². The fourth-order valence-electron chi connectivity index (χ4n) is 2.34. The molecule has 104 valence electrons. The van der Waals surface area contributed by atoms with Crippen LogP contribution in [-0.4, -0.2) is 29.1 Å².